The van der Waals surface area contributed by atoms with Gasteiger partial charge in [0.15, 0.2) is 73.8 Å². The van der Waals surface area contributed by atoms with Crippen LogP contribution in [0.15, 0.2) is 0 Å². The quantitative estimate of drug-likeness (QED) is 0.0858. The molecule has 15 atom stereocenters. The maximum absolute atomic E-state index is 12.7. The largest absolute Gasteiger partial charge is 0.463 e. The topological polar surface area (TPSA) is 318 Å². The van der Waals surface area contributed by atoms with Crippen molar-refractivity contribution in [3.63, 3.8) is 0 Å². The fourth-order valence-corrected chi connectivity index (χ4v) is 8.16. The van der Waals surface area contributed by atoms with Crippen molar-refractivity contribution in [1.29, 1.82) is 0 Å². The molecular formula is C43H64O26Si. The van der Waals surface area contributed by atoms with E-state index in [2.05, 4.69) is 19.6 Å². The van der Waals surface area contributed by atoms with Crippen molar-refractivity contribution in [1.82, 2.24) is 0 Å². The van der Waals surface area contributed by atoms with E-state index in [1.165, 1.54) is 0 Å². The summed E-state index contributed by atoms with van der Waals surface area (Å²) in [5, 5.41) is 0. The number of rotatable bonds is 21. The zero-order valence-electron chi connectivity index (χ0n) is 41.3. The summed E-state index contributed by atoms with van der Waals surface area (Å²) < 4.78 is 92.0. The van der Waals surface area contributed by atoms with Crippen molar-refractivity contribution < 1.29 is 124 Å². The van der Waals surface area contributed by atoms with Gasteiger partial charge in [0.05, 0.1) is 13.2 Å². The third-order valence-corrected chi connectivity index (χ3v) is 11.6. The molecule has 3 heterocycles. The maximum Gasteiger partial charge on any atom is 0.303 e. The molecule has 0 bridgehead atoms. The number of hydrogen-bond acceptors (Lipinski definition) is 26. The van der Waals surface area contributed by atoms with Gasteiger partial charge in [-0.3, -0.25) is 47.9 Å². The predicted molar refractivity (Wildman–Crippen MR) is 229 cm³/mol. The molecule has 3 aliphatic rings. The maximum atomic E-state index is 12.7. The van der Waals surface area contributed by atoms with Gasteiger partial charge in [-0.25, -0.2) is 0 Å². The second kappa shape index (κ2) is 26.8. The molecule has 70 heavy (non-hydrogen) atoms. The van der Waals surface area contributed by atoms with Gasteiger partial charge in [-0.2, -0.15) is 0 Å². The fourth-order valence-electron chi connectivity index (χ4n) is 7.43. The van der Waals surface area contributed by atoms with Crippen molar-refractivity contribution in [2.45, 2.75) is 187 Å². The Kier molecular flexibility index (Phi) is 22.6. The SMILES string of the molecule is CC(=O)OC[C@H]1O[C@@H](OC[C@H]2O[C@@H](OC[C@H]3O[C@@H](OCC[Si](C)(C)C)[C@H](OC(C)=O)[C@@H](OC(C)=O)[C@H]3OC(C)=O)[C@H](OC(C)=O)[C@@H](OC(C)=O)[C@H]2OC(C)=O)[C@H](OC(C)=O)[C@@H](OC(C)=O)[C@H]1OC(C)=O. The van der Waals surface area contributed by atoms with Crippen LogP contribution in [-0.4, -0.2) is 186 Å². The van der Waals surface area contributed by atoms with E-state index >= 15 is 0 Å². The number of hydrogen-bond donors (Lipinski definition) is 0. The molecule has 0 aromatic heterocycles. The van der Waals surface area contributed by atoms with Crippen molar-refractivity contribution >= 4 is 67.8 Å². The van der Waals surface area contributed by atoms with E-state index in [9.17, 15) is 47.9 Å². The Morgan fingerprint density at radius 1 is 0.329 bits per heavy atom. The molecule has 0 spiro atoms. The summed E-state index contributed by atoms with van der Waals surface area (Å²) in [7, 11) is -1.74. The number of carbonyl (C=O) groups is 10. The number of ether oxygens (including phenoxy) is 16. The first-order chi connectivity index (χ1) is 32.6. The third kappa shape index (κ3) is 18.8. The van der Waals surface area contributed by atoms with Crippen LogP contribution < -0.4 is 0 Å². The van der Waals surface area contributed by atoms with Gasteiger partial charge in [0, 0.05) is 83.9 Å². The second-order valence-corrected chi connectivity index (χ2v) is 23.1. The molecule has 0 aromatic rings. The van der Waals surface area contributed by atoms with Crippen LogP contribution in [0.2, 0.25) is 25.7 Å². The van der Waals surface area contributed by atoms with E-state index in [0.717, 1.165) is 69.2 Å². The Morgan fingerprint density at radius 3 is 0.829 bits per heavy atom. The molecule has 3 rings (SSSR count). The van der Waals surface area contributed by atoms with E-state index in [1.54, 1.807) is 0 Å². The summed E-state index contributed by atoms with van der Waals surface area (Å²) in [4.78, 5) is 125. The fraction of sp³-hybridized carbons (Fsp3) is 0.767. The normalized spacial score (nSPS) is 30.8. The molecule has 0 radical (unpaired) electrons. The molecule has 0 aliphatic carbocycles. The lowest BCUT2D eigenvalue weighted by Crippen LogP contribution is -2.65. The second-order valence-electron chi connectivity index (χ2n) is 17.4. The van der Waals surface area contributed by atoms with Crippen molar-refractivity contribution in [2.24, 2.45) is 0 Å². The van der Waals surface area contributed by atoms with Crippen LogP contribution in [0.1, 0.15) is 69.2 Å². The highest BCUT2D eigenvalue weighted by atomic mass is 28.3. The van der Waals surface area contributed by atoms with Gasteiger partial charge in [-0.1, -0.05) is 19.6 Å². The molecule has 3 saturated heterocycles. The van der Waals surface area contributed by atoms with Crippen molar-refractivity contribution in [3.8, 4) is 0 Å². The molecule has 0 amide bonds. The minimum absolute atomic E-state index is 0.0971. The molecule has 0 saturated carbocycles. The van der Waals surface area contributed by atoms with Crippen LogP contribution in [0.3, 0.4) is 0 Å². The lowest BCUT2D eigenvalue weighted by Gasteiger charge is -2.47. The van der Waals surface area contributed by atoms with Gasteiger partial charge in [0.25, 0.3) is 0 Å². The summed E-state index contributed by atoms with van der Waals surface area (Å²) >= 11 is 0. The monoisotopic (exact) mass is 1020 g/mol. The molecule has 26 nitrogen and oxygen atoms in total. The summed E-state index contributed by atoms with van der Waals surface area (Å²) in [6.45, 7) is 14.6. The Bertz CT molecular complexity index is 1880. The number of carbonyl (C=O) groups excluding carboxylic acids is 10. The molecule has 0 N–H and O–H groups in total. The Labute approximate surface area is 404 Å². The summed E-state index contributed by atoms with van der Waals surface area (Å²) in [5.74, 6) is -9.02. The van der Waals surface area contributed by atoms with Gasteiger partial charge < -0.3 is 75.8 Å². The Balaban J connectivity index is 2.16. The van der Waals surface area contributed by atoms with E-state index in [-0.39, 0.29) is 6.61 Å². The molecule has 27 heteroatoms. The van der Waals surface area contributed by atoms with Crippen LogP contribution >= 0.6 is 0 Å². The zero-order valence-corrected chi connectivity index (χ0v) is 42.3. The average molecular weight is 1030 g/mol. The van der Waals surface area contributed by atoms with Gasteiger partial charge in [-0.15, -0.1) is 0 Å². The molecule has 0 unspecified atom stereocenters. The summed E-state index contributed by atoms with van der Waals surface area (Å²) in [6.07, 6.45) is -24.3. The lowest BCUT2D eigenvalue weighted by atomic mass is 9.96. The highest BCUT2D eigenvalue weighted by Crippen LogP contribution is 2.35. The summed E-state index contributed by atoms with van der Waals surface area (Å²) in [5.41, 5.74) is 0. The molecule has 3 aliphatic heterocycles. The van der Waals surface area contributed by atoms with Crippen LogP contribution in [0.25, 0.3) is 0 Å². The third-order valence-electron chi connectivity index (χ3n) is 9.93. The average Bonchev–Trinajstić information content (AvgIpc) is 3.19. The van der Waals surface area contributed by atoms with Gasteiger partial charge >= 0.3 is 59.7 Å². The highest BCUT2D eigenvalue weighted by Gasteiger charge is 2.57. The van der Waals surface area contributed by atoms with Gasteiger partial charge in [-0.05, 0) is 6.04 Å². The smallest absolute Gasteiger partial charge is 0.303 e. The first-order valence-corrected chi connectivity index (χ1v) is 25.8. The van der Waals surface area contributed by atoms with Crippen LogP contribution in [0, 0.1) is 0 Å². The van der Waals surface area contributed by atoms with Crippen LogP contribution in [-0.2, 0) is 124 Å². The standard InChI is InChI=1S/C43H64O26Si/c1-19(44)55-16-29-32(58-20(2)45)36(62-24(6)49)39(65-27(9)52)42(68-29)57-18-31-34(60-22(4)47)37(63-25(7)50)40(66-28(10)53)43(69-31)56-17-30-33(59-21(3)46)35(61-23(5)48)38(64-26(8)51)41(67-30)54-14-15-70(11,12)13/h29-43H,14-18H2,1-13H3/t29-,30-,31-,32+,33+,34+,35+,36+,37+,38-,39-,40-,41-,42-,43-/m1/s1. The van der Waals surface area contributed by atoms with Crippen LogP contribution in [0.5, 0.6) is 0 Å². The van der Waals surface area contributed by atoms with E-state index < -0.39 is 180 Å². The summed E-state index contributed by atoms with van der Waals surface area (Å²) in [6, 6.07) is 0.606. The zero-order chi connectivity index (χ0) is 52.8. The molecule has 3 fully saturated rings. The number of esters is 10. The van der Waals surface area contributed by atoms with Crippen LogP contribution in [0.4, 0.5) is 0 Å². The predicted octanol–water partition coefficient (Wildman–Crippen LogP) is 0.498. The van der Waals surface area contributed by atoms with E-state index in [0.29, 0.717) is 6.04 Å². The van der Waals surface area contributed by atoms with E-state index in [4.69, 9.17) is 75.8 Å². The minimum Gasteiger partial charge on any atom is -0.463 e. The first-order valence-electron chi connectivity index (χ1n) is 22.1. The lowest BCUT2D eigenvalue weighted by molar-refractivity contribution is -0.345. The Hall–Kier alpha value is -5.32. The minimum atomic E-state index is -1.84. The Morgan fingerprint density at radius 2 is 0.571 bits per heavy atom. The molecular weight excluding hydrogens is 961 g/mol. The first kappa shape index (κ1) is 59.0. The van der Waals surface area contributed by atoms with E-state index in [1.807, 2.05) is 0 Å². The van der Waals surface area contributed by atoms with Crippen molar-refractivity contribution in [2.75, 3.05) is 26.4 Å². The van der Waals surface area contributed by atoms with Gasteiger partial charge in [0.1, 0.15) is 24.9 Å². The van der Waals surface area contributed by atoms with Crippen molar-refractivity contribution in [3.05, 3.63) is 0 Å². The highest BCUT2D eigenvalue weighted by molar-refractivity contribution is 6.76. The molecule has 396 valence electrons. The molecule has 0 aromatic carbocycles. The van der Waals surface area contributed by atoms with Gasteiger partial charge in [0.2, 0.25) is 0 Å².